The third-order valence-electron chi connectivity index (χ3n) is 2.19. The molecule has 0 aliphatic heterocycles. The molecule has 1 rings (SSSR count). The Kier molecular flexibility index (Phi) is 4.74. The van der Waals surface area contributed by atoms with Gasteiger partial charge in [-0.15, -0.1) is 0 Å². The average Bonchev–Trinajstić information content (AvgIpc) is 2.24. The van der Waals surface area contributed by atoms with Crippen molar-refractivity contribution < 1.29 is 4.74 Å². The molecule has 0 unspecified atom stereocenters. The van der Waals surface area contributed by atoms with Crippen LogP contribution in [0.4, 0.5) is 0 Å². The lowest BCUT2D eigenvalue weighted by molar-refractivity contribution is 0.302. The summed E-state index contributed by atoms with van der Waals surface area (Å²) in [6, 6.07) is 4.01. The fourth-order valence-electron chi connectivity index (χ4n) is 1.44. The largest absolute Gasteiger partial charge is 0.475 e. The zero-order chi connectivity index (χ0) is 12.0. The minimum atomic E-state index is 0.443. The van der Waals surface area contributed by atoms with Crippen LogP contribution in [0.15, 0.2) is 6.07 Å². The molecule has 1 heterocycles. The van der Waals surface area contributed by atoms with Crippen molar-refractivity contribution in [2.75, 3.05) is 19.7 Å². The van der Waals surface area contributed by atoms with E-state index in [1.54, 1.807) is 0 Å². The maximum Gasteiger partial charge on any atom is 0.232 e. The zero-order valence-electron chi connectivity index (χ0n) is 10.0. The van der Waals surface area contributed by atoms with Crippen molar-refractivity contribution in [3.8, 4) is 11.9 Å². The lowest BCUT2D eigenvalue weighted by Gasteiger charge is -2.09. The van der Waals surface area contributed by atoms with Crippen LogP contribution in [0.3, 0.4) is 0 Å². The van der Waals surface area contributed by atoms with Crippen molar-refractivity contribution in [3.05, 3.63) is 22.9 Å². The molecule has 4 nitrogen and oxygen atoms in total. The second-order valence-electron chi connectivity index (χ2n) is 3.57. The number of nitrogens with one attached hydrogen (secondary N) is 1. The van der Waals surface area contributed by atoms with Gasteiger partial charge in [-0.2, -0.15) is 5.26 Å². The van der Waals surface area contributed by atoms with Crippen LogP contribution in [0.25, 0.3) is 0 Å². The number of pyridine rings is 1. The minimum Gasteiger partial charge on any atom is -0.475 e. The molecule has 0 bridgehead atoms. The molecular weight excluding hydrogens is 202 g/mol. The lowest BCUT2D eigenvalue weighted by Crippen LogP contribution is -2.21. The number of ether oxygens (including phenoxy) is 1. The first-order valence-corrected chi connectivity index (χ1v) is 5.41. The van der Waals surface area contributed by atoms with E-state index in [2.05, 4.69) is 16.4 Å². The number of aryl methyl sites for hydroxylation is 2. The maximum atomic E-state index is 9.01. The van der Waals surface area contributed by atoms with Gasteiger partial charge >= 0.3 is 0 Å². The summed E-state index contributed by atoms with van der Waals surface area (Å²) in [5.74, 6) is 0.443. The molecule has 4 heteroatoms. The number of hydrogen-bond donors (Lipinski definition) is 1. The van der Waals surface area contributed by atoms with Gasteiger partial charge in [-0.1, -0.05) is 6.92 Å². The van der Waals surface area contributed by atoms with E-state index < -0.39 is 0 Å². The van der Waals surface area contributed by atoms with Crippen molar-refractivity contribution in [2.24, 2.45) is 0 Å². The van der Waals surface area contributed by atoms with E-state index >= 15 is 0 Å². The van der Waals surface area contributed by atoms with E-state index in [1.807, 2.05) is 26.8 Å². The van der Waals surface area contributed by atoms with Gasteiger partial charge in [-0.25, -0.2) is 4.98 Å². The topological polar surface area (TPSA) is 57.9 Å². The van der Waals surface area contributed by atoms with E-state index in [-0.39, 0.29) is 0 Å². The van der Waals surface area contributed by atoms with E-state index in [1.165, 1.54) is 0 Å². The Bertz CT molecular complexity index is 396. The summed E-state index contributed by atoms with van der Waals surface area (Å²) in [6.45, 7) is 8.02. The summed E-state index contributed by atoms with van der Waals surface area (Å²) in [5.41, 5.74) is 2.31. The quantitative estimate of drug-likeness (QED) is 0.763. The zero-order valence-corrected chi connectivity index (χ0v) is 10.0. The van der Waals surface area contributed by atoms with Crippen molar-refractivity contribution in [1.82, 2.24) is 10.3 Å². The fourth-order valence-corrected chi connectivity index (χ4v) is 1.44. The van der Waals surface area contributed by atoms with Gasteiger partial charge in [0.1, 0.15) is 18.2 Å². The van der Waals surface area contributed by atoms with Crippen LogP contribution >= 0.6 is 0 Å². The van der Waals surface area contributed by atoms with Gasteiger partial charge in [0.2, 0.25) is 5.88 Å². The summed E-state index contributed by atoms with van der Waals surface area (Å²) in [4.78, 5) is 4.23. The Morgan fingerprint density at radius 2 is 2.25 bits per heavy atom. The fraction of sp³-hybridized carbons (Fsp3) is 0.500. The van der Waals surface area contributed by atoms with Crippen molar-refractivity contribution in [2.45, 2.75) is 20.8 Å². The van der Waals surface area contributed by atoms with Crippen molar-refractivity contribution in [1.29, 1.82) is 5.26 Å². The molecule has 0 aliphatic rings. The first-order valence-electron chi connectivity index (χ1n) is 5.41. The van der Waals surface area contributed by atoms with Gasteiger partial charge in [0.05, 0.1) is 0 Å². The van der Waals surface area contributed by atoms with Gasteiger partial charge in [0.25, 0.3) is 0 Å². The molecule has 0 saturated carbocycles. The van der Waals surface area contributed by atoms with Crippen LogP contribution in [0.1, 0.15) is 23.7 Å². The van der Waals surface area contributed by atoms with Crippen LogP contribution in [0, 0.1) is 25.2 Å². The van der Waals surface area contributed by atoms with E-state index in [0.717, 1.165) is 24.3 Å². The highest BCUT2D eigenvalue weighted by molar-refractivity contribution is 5.45. The smallest absolute Gasteiger partial charge is 0.232 e. The highest BCUT2D eigenvalue weighted by Gasteiger charge is 2.09. The average molecular weight is 219 g/mol. The molecule has 1 aromatic heterocycles. The Morgan fingerprint density at radius 3 is 2.88 bits per heavy atom. The number of rotatable bonds is 5. The van der Waals surface area contributed by atoms with Gasteiger partial charge in [0.15, 0.2) is 0 Å². The number of hydrogen-bond acceptors (Lipinski definition) is 4. The Balaban J connectivity index is 2.75. The van der Waals surface area contributed by atoms with Crippen LogP contribution in [0.5, 0.6) is 5.88 Å². The van der Waals surface area contributed by atoms with Crippen LogP contribution < -0.4 is 10.1 Å². The molecule has 0 atom stereocenters. The van der Waals surface area contributed by atoms with Crippen molar-refractivity contribution >= 4 is 0 Å². The summed E-state index contributed by atoms with van der Waals surface area (Å²) >= 11 is 0. The molecule has 0 spiro atoms. The second-order valence-corrected chi connectivity index (χ2v) is 3.57. The number of aromatic nitrogens is 1. The molecule has 1 aromatic rings. The molecule has 0 aromatic carbocycles. The van der Waals surface area contributed by atoms with Crippen LogP contribution in [-0.2, 0) is 0 Å². The monoisotopic (exact) mass is 219 g/mol. The standard InChI is InChI=1S/C12H17N3O/c1-4-14-5-6-16-12-11(8-13)9(2)7-10(3)15-12/h7,14H,4-6H2,1-3H3. The van der Waals surface area contributed by atoms with Crippen molar-refractivity contribution in [3.63, 3.8) is 0 Å². The molecule has 16 heavy (non-hydrogen) atoms. The third-order valence-corrected chi connectivity index (χ3v) is 2.19. The molecule has 86 valence electrons. The number of nitriles is 1. The highest BCUT2D eigenvalue weighted by Crippen LogP contribution is 2.19. The third kappa shape index (κ3) is 3.21. The SMILES string of the molecule is CCNCCOc1nc(C)cc(C)c1C#N. The molecule has 0 amide bonds. The minimum absolute atomic E-state index is 0.443. The summed E-state index contributed by atoms with van der Waals surface area (Å²) in [7, 11) is 0. The predicted octanol–water partition coefficient (Wildman–Crippen LogP) is 1.56. The van der Waals surface area contributed by atoms with Gasteiger partial charge in [-0.3, -0.25) is 0 Å². The highest BCUT2D eigenvalue weighted by atomic mass is 16.5. The van der Waals surface area contributed by atoms with E-state index in [9.17, 15) is 0 Å². The molecule has 0 saturated heterocycles. The van der Waals surface area contributed by atoms with E-state index in [0.29, 0.717) is 18.1 Å². The molecule has 0 aliphatic carbocycles. The lowest BCUT2D eigenvalue weighted by atomic mass is 10.1. The van der Waals surface area contributed by atoms with Gasteiger partial charge in [0, 0.05) is 12.2 Å². The predicted molar refractivity (Wildman–Crippen MR) is 62.5 cm³/mol. The Labute approximate surface area is 96.3 Å². The van der Waals surface area contributed by atoms with Gasteiger partial charge in [-0.05, 0) is 32.0 Å². The number of likely N-dealkylation sites (N-methyl/N-ethyl adjacent to an activating group) is 1. The first-order chi connectivity index (χ1) is 7.69. The Morgan fingerprint density at radius 1 is 1.50 bits per heavy atom. The first kappa shape index (κ1) is 12.5. The summed E-state index contributed by atoms with van der Waals surface area (Å²) < 4.78 is 5.50. The second kappa shape index (κ2) is 6.09. The van der Waals surface area contributed by atoms with Crippen LogP contribution in [-0.4, -0.2) is 24.7 Å². The maximum absolute atomic E-state index is 9.01. The molecular formula is C12H17N3O. The summed E-state index contributed by atoms with van der Waals surface area (Å²) in [6.07, 6.45) is 0. The van der Waals surface area contributed by atoms with Gasteiger partial charge < -0.3 is 10.1 Å². The number of nitrogens with zero attached hydrogens (tertiary/aromatic N) is 2. The Hall–Kier alpha value is -1.60. The van der Waals surface area contributed by atoms with Crippen LogP contribution in [0.2, 0.25) is 0 Å². The molecule has 0 radical (unpaired) electrons. The summed E-state index contributed by atoms with van der Waals surface area (Å²) in [5, 5.41) is 12.2. The van der Waals surface area contributed by atoms with E-state index in [4.69, 9.17) is 10.00 Å². The normalized spacial score (nSPS) is 9.88. The molecule has 1 N–H and O–H groups in total. The molecule has 0 fully saturated rings.